The van der Waals surface area contributed by atoms with E-state index in [-0.39, 0.29) is 12.2 Å². The molecule has 0 saturated carbocycles. The number of methoxy groups -OCH3 is 1. The second kappa shape index (κ2) is 10.9. The Morgan fingerprint density at radius 2 is 1.53 bits per heavy atom. The molecule has 0 unspecified atom stereocenters. The Hall–Kier alpha value is -3.27. The molecule has 1 fully saturated rings. The number of aliphatic hydroxyl groups excluding tert-OH is 1. The number of nitrogens with one attached hydrogen (secondary N) is 1. The minimum absolute atomic E-state index is 0.272. The van der Waals surface area contributed by atoms with E-state index in [1.54, 1.807) is 60.7 Å². The lowest BCUT2D eigenvalue weighted by Gasteiger charge is -2.43. The molecule has 0 radical (unpaired) electrons. The highest BCUT2D eigenvalue weighted by molar-refractivity contribution is 5.90. The van der Waals surface area contributed by atoms with Gasteiger partial charge in [0.1, 0.15) is 24.9 Å². The van der Waals surface area contributed by atoms with Crippen molar-refractivity contribution >= 4 is 17.8 Å². The third kappa shape index (κ3) is 5.70. The van der Waals surface area contributed by atoms with Crippen molar-refractivity contribution in [3.05, 3.63) is 71.8 Å². The van der Waals surface area contributed by atoms with Crippen LogP contribution in [0.2, 0.25) is 0 Å². The first-order chi connectivity index (χ1) is 15.4. The zero-order valence-electron chi connectivity index (χ0n) is 17.7. The average Bonchev–Trinajstić information content (AvgIpc) is 2.81. The van der Waals surface area contributed by atoms with Gasteiger partial charge in [0.25, 0.3) is 0 Å². The first-order valence-corrected chi connectivity index (χ1v) is 10.0. The lowest BCUT2D eigenvalue weighted by molar-refractivity contribution is -0.262. The standard InChI is InChI=1S/C23H25NO8/c1-14(25)24-18-20(32-22(28)16-11-7-4-8-12-16)19(26)17(31-23(18)29-2)13-30-21(27)15-9-5-3-6-10-15/h3-12,17-20,23,26H,13H2,1-2H3,(H,24,25)/t17-,18-,19-,20-,23+/m1/s1. The minimum Gasteiger partial charge on any atom is -0.459 e. The minimum atomic E-state index is -1.41. The maximum atomic E-state index is 12.6. The Labute approximate surface area is 185 Å². The Bertz CT molecular complexity index is 920. The molecular weight excluding hydrogens is 418 g/mol. The van der Waals surface area contributed by atoms with Crippen LogP contribution in [-0.4, -0.2) is 67.3 Å². The lowest BCUT2D eigenvalue weighted by atomic mass is 9.96. The summed E-state index contributed by atoms with van der Waals surface area (Å²) in [7, 11) is 1.35. The Morgan fingerprint density at radius 1 is 0.969 bits per heavy atom. The molecule has 32 heavy (non-hydrogen) atoms. The zero-order valence-corrected chi connectivity index (χ0v) is 17.7. The van der Waals surface area contributed by atoms with Crippen LogP contribution >= 0.6 is 0 Å². The molecular formula is C23H25NO8. The Kier molecular flexibility index (Phi) is 7.93. The predicted octanol–water partition coefficient (Wildman–Crippen LogP) is 1.31. The van der Waals surface area contributed by atoms with Gasteiger partial charge in [-0.05, 0) is 24.3 Å². The monoisotopic (exact) mass is 443 g/mol. The highest BCUT2D eigenvalue weighted by atomic mass is 16.7. The van der Waals surface area contributed by atoms with Gasteiger partial charge in [-0.1, -0.05) is 36.4 Å². The molecule has 2 aromatic carbocycles. The normalized spacial score (nSPS) is 24.9. The van der Waals surface area contributed by atoms with E-state index in [1.165, 1.54) is 14.0 Å². The third-order valence-electron chi connectivity index (χ3n) is 4.92. The Morgan fingerprint density at radius 3 is 2.06 bits per heavy atom. The van der Waals surface area contributed by atoms with Crippen LogP contribution in [0, 0.1) is 0 Å². The highest BCUT2D eigenvalue weighted by Gasteiger charge is 2.48. The fraction of sp³-hybridized carbons (Fsp3) is 0.348. The van der Waals surface area contributed by atoms with Gasteiger partial charge >= 0.3 is 11.9 Å². The van der Waals surface area contributed by atoms with E-state index in [0.717, 1.165) is 0 Å². The van der Waals surface area contributed by atoms with Crippen molar-refractivity contribution in [3.63, 3.8) is 0 Å². The molecule has 9 nitrogen and oxygen atoms in total. The van der Waals surface area contributed by atoms with Crippen molar-refractivity contribution < 1.29 is 38.4 Å². The van der Waals surface area contributed by atoms with E-state index < -0.39 is 48.5 Å². The van der Waals surface area contributed by atoms with Gasteiger partial charge in [0, 0.05) is 14.0 Å². The number of hydrogen-bond donors (Lipinski definition) is 2. The molecule has 1 aliphatic rings. The van der Waals surface area contributed by atoms with Crippen molar-refractivity contribution in [1.29, 1.82) is 0 Å². The molecule has 0 aromatic heterocycles. The van der Waals surface area contributed by atoms with Gasteiger partial charge in [-0.25, -0.2) is 9.59 Å². The van der Waals surface area contributed by atoms with Crippen LogP contribution < -0.4 is 5.32 Å². The summed E-state index contributed by atoms with van der Waals surface area (Å²) in [5.74, 6) is -1.72. The smallest absolute Gasteiger partial charge is 0.338 e. The fourth-order valence-corrected chi connectivity index (χ4v) is 3.37. The van der Waals surface area contributed by atoms with Gasteiger partial charge in [-0.2, -0.15) is 0 Å². The van der Waals surface area contributed by atoms with Gasteiger partial charge in [0.2, 0.25) is 5.91 Å². The van der Waals surface area contributed by atoms with E-state index in [1.807, 2.05) is 0 Å². The SMILES string of the molecule is CO[C@H]1O[C@H](COC(=O)c2ccccc2)[C@@H](O)[C@H](OC(=O)c2ccccc2)[C@H]1NC(C)=O. The van der Waals surface area contributed by atoms with Crippen LogP contribution in [0.5, 0.6) is 0 Å². The molecule has 1 heterocycles. The summed E-state index contributed by atoms with van der Waals surface area (Å²) in [6.07, 6.45) is -4.75. The van der Waals surface area contributed by atoms with Crippen molar-refractivity contribution in [2.45, 2.75) is 37.6 Å². The molecule has 0 bridgehead atoms. The number of hydrogen-bond acceptors (Lipinski definition) is 8. The second-order valence-electron chi connectivity index (χ2n) is 7.20. The number of carbonyl (C=O) groups excluding carboxylic acids is 3. The molecule has 1 aliphatic heterocycles. The van der Waals surface area contributed by atoms with Crippen molar-refractivity contribution in [1.82, 2.24) is 5.32 Å². The molecule has 2 aromatic rings. The highest BCUT2D eigenvalue weighted by Crippen LogP contribution is 2.26. The van der Waals surface area contributed by atoms with Crippen molar-refractivity contribution in [2.75, 3.05) is 13.7 Å². The molecule has 9 heteroatoms. The van der Waals surface area contributed by atoms with Gasteiger partial charge in [-0.3, -0.25) is 4.79 Å². The molecule has 0 spiro atoms. The van der Waals surface area contributed by atoms with Crippen LogP contribution in [0.1, 0.15) is 27.6 Å². The average molecular weight is 443 g/mol. The van der Waals surface area contributed by atoms with Crippen LogP contribution in [0.25, 0.3) is 0 Å². The van der Waals surface area contributed by atoms with Gasteiger partial charge in [0.15, 0.2) is 12.4 Å². The van der Waals surface area contributed by atoms with Crippen molar-refractivity contribution in [2.24, 2.45) is 0 Å². The predicted molar refractivity (Wildman–Crippen MR) is 112 cm³/mol. The molecule has 1 saturated heterocycles. The fourth-order valence-electron chi connectivity index (χ4n) is 3.37. The topological polar surface area (TPSA) is 120 Å². The molecule has 5 atom stereocenters. The van der Waals surface area contributed by atoms with Crippen LogP contribution in [0.4, 0.5) is 0 Å². The second-order valence-corrected chi connectivity index (χ2v) is 7.20. The number of amides is 1. The van der Waals surface area contributed by atoms with E-state index in [2.05, 4.69) is 5.32 Å². The number of aliphatic hydroxyl groups is 1. The Balaban J connectivity index is 1.77. The van der Waals surface area contributed by atoms with E-state index in [9.17, 15) is 19.5 Å². The van der Waals surface area contributed by atoms with Crippen LogP contribution in [0.15, 0.2) is 60.7 Å². The summed E-state index contributed by atoms with van der Waals surface area (Å²) in [6, 6.07) is 15.6. The summed E-state index contributed by atoms with van der Waals surface area (Å²) in [6.45, 7) is 0.962. The van der Waals surface area contributed by atoms with E-state index in [4.69, 9.17) is 18.9 Å². The number of carbonyl (C=O) groups is 3. The van der Waals surface area contributed by atoms with E-state index in [0.29, 0.717) is 5.56 Å². The van der Waals surface area contributed by atoms with Gasteiger partial charge in [-0.15, -0.1) is 0 Å². The molecule has 170 valence electrons. The number of rotatable bonds is 7. The number of benzene rings is 2. The third-order valence-corrected chi connectivity index (χ3v) is 4.92. The lowest BCUT2D eigenvalue weighted by Crippen LogP contribution is -2.65. The summed E-state index contributed by atoms with van der Waals surface area (Å²) < 4.78 is 21.9. The van der Waals surface area contributed by atoms with Gasteiger partial charge < -0.3 is 29.4 Å². The number of esters is 2. The first kappa shape index (κ1) is 23.4. The number of ether oxygens (including phenoxy) is 4. The summed E-state index contributed by atoms with van der Waals surface area (Å²) >= 11 is 0. The summed E-state index contributed by atoms with van der Waals surface area (Å²) in [5, 5.41) is 13.5. The zero-order chi connectivity index (χ0) is 23.1. The largest absolute Gasteiger partial charge is 0.459 e. The van der Waals surface area contributed by atoms with Crippen molar-refractivity contribution in [3.8, 4) is 0 Å². The van der Waals surface area contributed by atoms with Gasteiger partial charge in [0.05, 0.1) is 11.1 Å². The van der Waals surface area contributed by atoms with Crippen LogP contribution in [0.3, 0.4) is 0 Å². The molecule has 2 N–H and O–H groups in total. The first-order valence-electron chi connectivity index (χ1n) is 10.0. The summed E-state index contributed by atoms with van der Waals surface area (Å²) in [4.78, 5) is 36.6. The quantitative estimate of drug-likeness (QED) is 0.615. The van der Waals surface area contributed by atoms with E-state index >= 15 is 0 Å². The molecule has 0 aliphatic carbocycles. The summed E-state index contributed by atoms with van der Waals surface area (Å²) in [5.41, 5.74) is 0.609. The molecule has 3 rings (SSSR count). The molecule has 1 amide bonds. The maximum Gasteiger partial charge on any atom is 0.338 e. The van der Waals surface area contributed by atoms with Crippen LogP contribution in [-0.2, 0) is 23.7 Å². The maximum absolute atomic E-state index is 12.6.